The van der Waals surface area contributed by atoms with Crippen LogP contribution in [-0.2, 0) is 4.74 Å². The van der Waals surface area contributed by atoms with Gasteiger partial charge in [-0.15, -0.1) is 6.42 Å². The fraction of sp³-hybridized carbons (Fsp3) is 0.222. The molecule has 12 heavy (non-hydrogen) atoms. The van der Waals surface area contributed by atoms with Gasteiger partial charge in [0.2, 0.25) is 0 Å². The zero-order valence-corrected chi connectivity index (χ0v) is 6.99. The van der Waals surface area contributed by atoms with E-state index in [1.165, 1.54) is 17.3 Å². The molecule has 0 spiro atoms. The average Bonchev–Trinajstić information content (AvgIpc) is 2.10. The van der Waals surface area contributed by atoms with Crippen molar-refractivity contribution in [2.45, 2.75) is 6.92 Å². The van der Waals surface area contributed by atoms with E-state index in [0.717, 1.165) is 0 Å². The van der Waals surface area contributed by atoms with Crippen molar-refractivity contribution in [1.29, 1.82) is 0 Å². The summed E-state index contributed by atoms with van der Waals surface area (Å²) in [5.41, 5.74) is 0. The number of carbonyl (C=O) groups is 1. The van der Waals surface area contributed by atoms with Crippen LogP contribution in [0.3, 0.4) is 0 Å². The molecule has 0 aliphatic rings. The smallest absolute Gasteiger partial charge is 0.418 e. The van der Waals surface area contributed by atoms with Gasteiger partial charge >= 0.3 is 6.09 Å². The fourth-order valence-corrected chi connectivity index (χ4v) is 0.535. The maximum absolute atomic E-state index is 11.0. The first-order chi connectivity index (χ1) is 5.76. The monoisotopic (exact) mass is 165 g/mol. The van der Waals surface area contributed by atoms with Crippen molar-refractivity contribution in [3.8, 4) is 12.3 Å². The molecule has 64 valence electrons. The number of allylic oxidation sites excluding steroid dienone is 1. The molecular formula is C9H11NO2. The van der Waals surface area contributed by atoms with E-state index in [9.17, 15) is 4.79 Å². The summed E-state index contributed by atoms with van der Waals surface area (Å²) in [6.45, 7) is 5.19. The maximum Gasteiger partial charge on any atom is 0.418 e. The second kappa shape index (κ2) is 6.05. The van der Waals surface area contributed by atoms with Crippen molar-refractivity contribution in [2.75, 3.05) is 6.61 Å². The van der Waals surface area contributed by atoms with E-state index in [1.807, 2.05) is 0 Å². The summed E-state index contributed by atoms with van der Waals surface area (Å²) < 4.78 is 4.63. The maximum atomic E-state index is 11.0. The van der Waals surface area contributed by atoms with Crippen LogP contribution in [0.5, 0.6) is 0 Å². The fourth-order valence-electron chi connectivity index (χ4n) is 0.535. The molecule has 0 aromatic heterocycles. The van der Waals surface area contributed by atoms with E-state index in [1.54, 1.807) is 13.0 Å². The van der Waals surface area contributed by atoms with E-state index in [-0.39, 0.29) is 6.61 Å². The lowest BCUT2D eigenvalue weighted by molar-refractivity contribution is 0.141. The molecule has 3 nitrogen and oxygen atoms in total. The molecule has 0 saturated heterocycles. The lowest BCUT2D eigenvalue weighted by atomic mass is 10.6. The van der Waals surface area contributed by atoms with E-state index >= 15 is 0 Å². The highest BCUT2D eigenvalue weighted by molar-refractivity contribution is 5.70. The van der Waals surface area contributed by atoms with Crippen molar-refractivity contribution in [2.24, 2.45) is 0 Å². The molecular weight excluding hydrogens is 154 g/mol. The van der Waals surface area contributed by atoms with E-state index in [0.29, 0.717) is 0 Å². The third-order valence-electron chi connectivity index (χ3n) is 0.996. The summed E-state index contributed by atoms with van der Waals surface area (Å²) in [5.74, 6) is 2.19. The summed E-state index contributed by atoms with van der Waals surface area (Å²) in [5, 5.41) is 0. The predicted octanol–water partition coefficient (Wildman–Crippen LogP) is 1.74. The standard InChI is InChI=1S/C9H11NO2/c1-4-7-10(6-3)9(11)12-8-5-2/h2,4,6-7H,3,8H2,1H3/b7-4-. The minimum absolute atomic E-state index is 0.0271. The number of hydrogen-bond donors (Lipinski definition) is 0. The molecule has 0 saturated carbocycles. The minimum atomic E-state index is -0.527. The highest BCUT2D eigenvalue weighted by Gasteiger charge is 2.06. The van der Waals surface area contributed by atoms with Gasteiger partial charge in [0, 0.05) is 12.4 Å². The van der Waals surface area contributed by atoms with Crippen molar-refractivity contribution in [3.05, 3.63) is 25.1 Å². The Morgan fingerprint density at radius 2 is 2.50 bits per heavy atom. The molecule has 0 rings (SSSR count). The summed E-state index contributed by atoms with van der Waals surface area (Å²) >= 11 is 0. The highest BCUT2D eigenvalue weighted by Crippen LogP contribution is 1.95. The van der Waals surface area contributed by atoms with Gasteiger partial charge in [-0.2, -0.15) is 0 Å². The number of hydrogen-bond acceptors (Lipinski definition) is 2. The molecule has 1 amide bonds. The number of amides is 1. The molecule has 0 atom stereocenters. The first-order valence-electron chi connectivity index (χ1n) is 3.40. The summed E-state index contributed by atoms with van der Waals surface area (Å²) in [4.78, 5) is 12.2. The molecule has 0 heterocycles. The molecule has 0 fully saturated rings. The first-order valence-corrected chi connectivity index (χ1v) is 3.40. The van der Waals surface area contributed by atoms with Crippen molar-refractivity contribution in [3.63, 3.8) is 0 Å². The topological polar surface area (TPSA) is 29.5 Å². The van der Waals surface area contributed by atoms with Gasteiger partial charge in [0.25, 0.3) is 0 Å². The molecule has 0 bridgehead atoms. The summed E-state index contributed by atoms with van der Waals surface area (Å²) in [6.07, 6.45) is 8.95. The number of nitrogens with zero attached hydrogens (tertiary/aromatic N) is 1. The molecule has 0 aliphatic heterocycles. The van der Waals surface area contributed by atoms with Crippen LogP contribution < -0.4 is 0 Å². The number of ether oxygens (including phenoxy) is 1. The Kier molecular flexibility index (Phi) is 5.20. The molecule has 0 radical (unpaired) electrons. The Bertz CT molecular complexity index is 225. The Balaban J connectivity index is 4.05. The van der Waals surface area contributed by atoms with Crippen LogP contribution in [0.25, 0.3) is 0 Å². The Morgan fingerprint density at radius 1 is 1.83 bits per heavy atom. The van der Waals surface area contributed by atoms with Gasteiger partial charge in [-0.25, -0.2) is 4.79 Å². The molecule has 0 aromatic rings. The second-order valence-corrected chi connectivity index (χ2v) is 1.83. The van der Waals surface area contributed by atoms with Crippen LogP contribution in [0.15, 0.2) is 25.1 Å². The third-order valence-corrected chi connectivity index (χ3v) is 0.996. The minimum Gasteiger partial charge on any atom is -0.436 e. The van der Waals surface area contributed by atoms with Crippen LogP contribution in [-0.4, -0.2) is 17.6 Å². The highest BCUT2D eigenvalue weighted by atomic mass is 16.6. The number of terminal acetylenes is 1. The Labute approximate surface area is 72.3 Å². The lowest BCUT2D eigenvalue weighted by Crippen LogP contribution is -2.20. The number of carbonyl (C=O) groups excluding carboxylic acids is 1. The van der Waals surface area contributed by atoms with Crippen LogP contribution in [0, 0.1) is 12.3 Å². The molecule has 3 heteroatoms. The second-order valence-electron chi connectivity index (χ2n) is 1.83. The average molecular weight is 165 g/mol. The van der Waals surface area contributed by atoms with Gasteiger partial charge in [0.15, 0.2) is 6.61 Å². The number of rotatable bonds is 3. The van der Waals surface area contributed by atoms with Gasteiger partial charge in [-0.3, -0.25) is 4.90 Å². The van der Waals surface area contributed by atoms with Crippen LogP contribution in [0.4, 0.5) is 4.79 Å². The van der Waals surface area contributed by atoms with E-state index in [4.69, 9.17) is 6.42 Å². The lowest BCUT2D eigenvalue weighted by Gasteiger charge is -2.10. The van der Waals surface area contributed by atoms with Crippen LogP contribution in [0.2, 0.25) is 0 Å². The Morgan fingerprint density at radius 3 is 2.92 bits per heavy atom. The van der Waals surface area contributed by atoms with Crippen molar-refractivity contribution in [1.82, 2.24) is 4.90 Å². The van der Waals surface area contributed by atoms with E-state index in [2.05, 4.69) is 17.2 Å². The van der Waals surface area contributed by atoms with Gasteiger partial charge in [-0.05, 0) is 6.92 Å². The molecule has 0 aliphatic carbocycles. The predicted molar refractivity (Wildman–Crippen MR) is 47.0 cm³/mol. The largest absolute Gasteiger partial charge is 0.436 e. The van der Waals surface area contributed by atoms with Crippen molar-refractivity contribution >= 4 is 6.09 Å². The Hall–Kier alpha value is -1.69. The van der Waals surface area contributed by atoms with E-state index < -0.39 is 6.09 Å². The SMILES string of the molecule is C#CCOC(=O)N(C=C)/C=C\C. The van der Waals surface area contributed by atoms with Crippen LogP contribution in [0.1, 0.15) is 6.92 Å². The van der Waals surface area contributed by atoms with Crippen LogP contribution >= 0.6 is 0 Å². The van der Waals surface area contributed by atoms with Gasteiger partial charge < -0.3 is 4.74 Å². The summed E-state index contributed by atoms with van der Waals surface area (Å²) in [7, 11) is 0. The third kappa shape index (κ3) is 3.47. The molecule has 0 aromatic carbocycles. The summed E-state index contributed by atoms with van der Waals surface area (Å²) in [6, 6.07) is 0. The quantitative estimate of drug-likeness (QED) is 0.596. The molecule has 0 unspecified atom stereocenters. The van der Waals surface area contributed by atoms with Crippen molar-refractivity contribution < 1.29 is 9.53 Å². The normalized spacial score (nSPS) is 9.00. The van der Waals surface area contributed by atoms with Gasteiger partial charge in [-0.1, -0.05) is 18.6 Å². The zero-order valence-electron chi connectivity index (χ0n) is 6.99. The van der Waals surface area contributed by atoms with Gasteiger partial charge in [0.1, 0.15) is 0 Å². The molecule has 0 N–H and O–H groups in total. The zero-order chi connectivity index (χ0) is 9.40. The van der Waals surface area contributed by atoms with Gasteiger partial charge in [0.05, 0.1) is 0 Å². The first kappa shape index (κ1) is 10.3.